The van der Waals surface area contributed by atoms with E-state index in [1.807, 2.05) is 49.4 Å². The van der Waals surface area contributed by atoms with E-state index >= 15 is 0 Å². The van der Waals surface area contributed by atoms with Gasteiger partial charge in [0.05, 0.1) is 5.52 Å². The lowest BCUT2D eigenvalue weighted by atomic mass is 10.0. The highest BCUT2D eigenvalue weighted by molar-refractivity contribution is 6.12. The first kappa shape index (κ1) is 16.1. The zero-order chi connectivity index (χ0) is 18.3. The number of aromatic amines is 2. The van der Waals surface area contributed by atoms with E-state index in [1.54, 1.807) is 13.0 Å². The monoisotopic (exact) mass is 347 g/mol. The minimum atomic E-state index is -0.920. The highest BCUT2D eigenvalue weighted by Crippen LogP contribution is 2.24. The van der Waals surface area contributed by atoms with E-state index in [4.69, 9.17) is 4.74 Å². The van der Waals surface area contributed by atoms with Crippen LogP contribution >= 0.6 is 0 Å². The largest absolute Gasteiger partial charge is 0.449 e. The molecule has 0 radical (unpaired) electrons. The van der Waals surface area contributed by atoms with Crippen LogP contribution in [0.3, 0.4) is 0 Å². The lowest BCUT2D eigenvalue weighted by molar-refractivity contribution is 0.0315. The smallest absolute Gasteiger partial charge is 0.360 e. The quantitative estimate of drug-likeness (QED) is 0.434. The van der Waals surface area contributed by atoms with Gasteiger partial charge in [0.15, 0.2) is 11.8 Å². The number of rotatable bonds is 4. The summed E-state index contributed by atoms with van der Waals surface area (Å²) in [7, 11) is 0. The van der Waals surface area contributed by atoms with Crippen LogP contribution in [0.4, 0.5) is 0 Å². The Hall–Kier alpha value is -3.41. The van der Waals surface area contributed by atoms with Gasteiger partial charge in [-0.15, -0.1) is 0 Å². The molecule has 0 amide bonds. The van der Waals surface area contributed by atoms with Crippen LogP contribution in [0.25, 0.3) is 21.8 Å². The molecule has 0 aliphatic heterocycles. The molecular weight excluding hydrogens is 330 g/mol. The Morgan fingerprint density at radius 3 is 2.42 bits per heavy atom. The van der Waals surface area contributed by atoms with E-state index in [2.05, 4.69) is 15.2 Å². The number of Topliss-reactive ketones (excluding diaryl/α,β-unsaturated/α-hetero) is 1. The first-order valence-electron chi connectivity index (χ1n) is 8.32. The topological polar surface area (TPSA) is 87.8 Å². The van der Waals surface area contributed by atoms with E-state index < -0.39 is 12.1 Å². The SMILES string of the molecule is Cc1[nH]c2ccccc2c1C(=O)[C@@H](C)OC(=O)c1n[nH]c2ccccc12. The maximum Gasteiger partial charge on any atom is 0.360 e. The molecule has 0 fully saturated rings. The molecule has 0 saturated carbocycles. The second-order valence-electron chi connectivity index (χ2n) is 6.20. The van der Waals surface area contributed by atoms with Crippen molar-refractivity contribution < 1.29 is 14.3 Å². The molecule has 0 aliphatic rings. The molecule has 1 atom stereocenters. The fraction of sp³-hybridized carbons (Fsp3) is 0.150. The Kier molecular flexibility index (Phi) is 3.80. The second-order valence-corrected chi connectivity index (χ2v) is 6.20. The average Bonchev–Trinajstić information content (AvgIpc) is 3.21. The van der Waals surface area contributed by atoms with E-state index in [0.29, 0.717) is 10.9 Å². The number of carbonyl (C=O) groups excluding carboxylic acids is 2. The number of para-hydroxylation sites is 2. The lowest BCUT2D eigenvalue weighted by Crippen LogP contribution is -2.25. The number of benzene rings is 2. The molecule has 0 unspecified atom stereocenters. The summed E-state index contributed by atoms with van der Waals surface area (Å²) in [6.07, 6.45) is -0.920. The molecule has 0 spiro atoms. The fourth-order valence-corrected chi connectivity index (χ4v) is 3.19. The molecule has 2 heterocycles. The van der Waals surface area contributed by atoms with E-state index in [1.165, 1.54) is 0 Å². The van der Waals surface area contributed by atoms with Gasteiger partial charge >= 0.3 is 5.97 Å². The molecule has 4 aromatic rings. The summed E-state index contributed by atoms with van der Waals surface area (Å²) in [5.74, 6) is -0.867. The predicted octanol–water partition coefficient (Wildman–Crippen LogP) is 3.78. The number of esters is 1. The molecule has 2 N–H and O–H groups in total. The van der Waals surface area contributed by atoms with Crippen molar-refractivity contribution in [1.82, 2.24) is 15.2 Å². The summed E-state index contributed by atoms with van der Waals surface area (Å²) in [6, 6.07) is 14.8. The number of aryl methyl sites for hydroxylation is 1. The van der Waals surface area contributed by atoms with E-state index in [9.17, 15) is 9.59 Å². The number of ketones is 1. The number of H-pyrrole nitrogens is 2. The van der Waals surface area contributed by atoms with Crippen molar-refractivity contribution in [3.8, 4) is 0 Å². The molecule has 6 nitrogen and oxygen atoms in total. The molecule has 0 aliphatic carbocycles. The number of aromatic nitrogens is 3. The van der Waals surface area contributed by atoms with Gasteiger partial charge in [0.1, 0.15) is 0 Å². The predicted molar refractivity (Wildman–Crippen MR) is 98.3 cm³/mol. The van der Waals surface area contributed by atoms with Crippen LogP contribution in [0.1, 0.15) is 33.5 Å². The highest BCUT2D eigenvalue weighted by Gasteiger charge is 2.26. The van der Waals surface area contributed by atoms with Crippen LogP contribution in [0.15, 0.2) is 48.5 Å². The van der Waals surface area contributed by atoms with Crippen LogP contribution in [-0.2, 0) is 4.74 Å². The van der Waals surface area contributed by atoms with Gasteiger partial charge in [-0.2, -0.15) is 5.10 Å². The third kappa shape index (κ3) is 2.56. The summed E-state index contributed by atoms with van der Waals surface area (Å²) in [4.78, 5) is 28.6. The zero-order valence-electron chi connectivity index (χ0n) is 14.4. The molecular formula is C20H17N3O3. The van der Waals surface area contributed by atoms with E-state index in [-0.39, 0.29) is 11.5 Å². The molecule has 0 bridgehead atoms. The van der Waals surface area contributed by atoms with Gasteiger partial charge in [-0.3, -0.25) is 9.89 Å². The van der Waals surface area contributed by atoms with Gasteiger partial charge in [0, 0.05) is 27.5 Å². The van der Waals surface area contributed by atoms with Crippen molar-refractivity contribution in [1.29, 1.82) is 0 Å². The van der Waals surface area contributed by atoms with Crippen molar-refractivity contribution >= 4 is 33.6 Å². The Morgan fingerprint density at radius 1 is 1.00 bits per heavy atom. The van der Waals surface area contributed by atoms with Crippen molar-refractivity contribution in [3.05, 3.63) is 65.5 Å². The number of nitrogens with zero attached hydrogens (tertiary/aromatic N) is 1. The molecule has 2 aromatic heterocycles. The van der Waals surface area contributed by atoms with Crippen molar-refractivity contribution in [3.63, 3.8) is 0 Å². The first-order valence-corrected chi connectivity index (χ1v) is 8.32. The Balaban J connectivity index is 1.61. The van der Waals surface area contributed by atoms with Crippen LogP contribution in [0.5, 0.6) is 0 Å². The number of carbonyl (C=O) groups is 2. The standard InChI is InChI=1S/C20H17N3O3/c1-11-17(13-7-3-5-9-15(13)21-11)19(24)12(2)26-20(25)18-14-8-4-6-10-16(14)22-23-18/h3-10,12,21H,1-2H3,(H,22,23)/t12-/m1/s1. The molecule has 26 heavy (non-hydrogen) atoms. The normalized spacial score (nSPS) is 12.4. The number of ether oxygens (including phenoxy) is 1. The summed E-state index contributed by atoms with van der Waals surface area (Å²) in [6.45, 7) is 3.42. The minimum Gasteiger partial charge on any atom is -0.449 e. The van der Waals surface area contributed by atoms with Crippen molar-refractivity contribution in [2.75, 3.05) is 0 Å². The van der Waals surface area contributed by atoms with Crippen LogP contribution in [0, 0.1) is 6.92 Å². The average molecular weight is 347 g/mol. The molecule has 2 aromatic carbocycles. The first-order chi connectivity index (χ1) is 12.6. The molecule has 0 saturated heterocycles. The van der Waals surface area contributed by atoms with Crippen molar-refractivity contribution in [2.24, 2.45) is 0 Å². The van der Waals surface area contributed by atoms with E-state index in [0.717, 1.165) is 22.1 Å². The van der Waals surface area contributed by atoms with Crippen LogP contribution in [-0.4, -0.2) is 33.0 Å². The van der Waals surface area contributed by atoms with Gasteiger partial charge < -0.3 is 9.72 Å². The number of hydrogen-bond acceptors (Lipinski definition) is 4. The van der Waals surface area contributed by atoms with Gasteiger partial charge in [0.25, 0.3) is 0 Å². The third-order valence-corrected chi connectivity index (χ3v) is 4.46. The summed E-state index contributed by atoms with van der Waals surface area (Å²) in [5.41, 5.74) is 3.10. The van der Waals surface area contributed by atoms with Gasteiger partial charge in [-0.1, -0.05) is 36.4 Å². The number of fused-ring (bicyclic) bond motifs is 2. The minimum absolute atomic E-state index is 0.177. The molecule has 4 rings (SSSR count). The third-order valence-electron chi connectivity index (χ3n) is 4.46. The summed E-state index contributed by atoms with van der Waals surface area (Å²) < 4.78 is 5.41. The molecule has 6 heteroatoms. The highest BCUT2D eigenvalue weighted by atomic mass is 16.5. The Morgan fingerprint density at radius 2 is 1.65 bits per heavy atom. The maximum absolute atomic E-state index is 12.9. The van der Waals surface area contributed by atoms with Crippen LogP contribution in [0.2, 0.25) is 0 Å². The zero-order valence-corrected chi connectivity index (χ0v) is 14.4. The lowest BCUT2D eigenvalue weighted by Gasteiger charge is -2.12. The summed E-state index contributed by atoms with van der Waals surface area (Å²) >= 11 is 0. The fourth-order valence-electron chi connectivity index (χ4n) is 3.19. The van der Waals surface area contributed by atoms with Gasteiger partial charge in [-0.25, -0.2) is 4.79 Å². The van der Waals surface area contributed by atoms with Gasteiger partial charge in [0.2, 0.25) is 5.78 Å². The maximum atomic E-state index is 12.9. The second kappa shape index (κ2) is 6.15. The van der Waals surface area contributed by atoms with Crippen LogP contribution < -0.4 is 0 Å². The number of hydrogen-bond donors (Lipinski definition) is 2. The van der Waals surface area contributed by atoms with Gasteiger partial charge in [-0.05, 0) is 26.0 Å². The molecule has 130 valence electrons. The summed E-state index contributed by atoms with van der Waals surface area (Å²) in [5, 5.41) is 8.30. The Bertz CT molecular complexity index is 1140. The number of nitrogens with one attached hydrogen (secondary N) is 2. The van der Waals surface area contributed by atoms with Crippen molar-refractivity contribution in [2.45, 2.75) is 20.0 Å². The Labute approximate surface area is 149 Å².